The van der Waals surface area contributed by atoms with Crippen LogP contribution in [-0.4, -0.2) is 24.6 Å². The number of allylic oxidation sites excluding steroid dienone is 3. The second-order valence-corrected chi connectivity index (χ2v) is 5.44. The predicted octanol–water partition coefficient (Wildman–Crippen LogP) is 3.59. The normalized spacial score (nSPS) is 34.5. The van der Waals surface area contributed by atoms with Crippen molar-refractivity contribution in [2.75, 3.05) is 13.1 Å². The third-order valence-electron chi connectivity index (χ3n) is 3.38. The van der Waals surface area contributed by atoms with E-state index in [1.165, 1.54) is 6.08 Å². The summed E-state index contributed by atoms with van der Waals surface area (Å²) in [5.74, 6) is 0. The van der Waals surface area contributed by atoms with Crippen molar-refractivity contribution < 1.29 is 13.2 Å². The highest BCUT2D eigenvalue weighted by molar-refractivity contribution is 6.32. The SMILES string of the molecule is FC(F)(F)C1(C2=CC(Cl)=CC(Cl)C2)CCNC1. The lowest BCUT2D eigenvalue weighted by Gasteiger charge is -2.35. The van der Waals surface area contributed by atoms with Crippen molar-refractivity contribution in [3.05, 3.63) is 22.8 Å². The lowest BCUT2D eigenvalue weighted by Crippen LogP contribution is -2.42. The fourth-order valence-electron chi connectivity index (χ4n) is 2.44. The van der Waals surface area contributed by atoms with Gasteiger partial charge in [-0.05, 0) is 31.5 Å². The van der Waals surface area contributed by atoms with Gasteiger partial charge in [-0.1, -0.05) is 17.2 Å². The maximum Gasteiger partial charge on any atom is 0.399 e. The van der Waals surface area contributed by atoms with Crippen molar-refractivity contribution in [1.29, 1.82) is 0 Å². The molecule has 96 valence electrons. The average molecular weight is 286 g/mol. The van der Waals surface area contributed by atoms with Gasteiger partial charge in [-0.15, -0.1) is 11.6 Å². The lowest BCUT2D eigenvalue weighted by atomic mass is 9.75. The van der Waals surface area contributed by atoms with Gasteiger partial charge in [-0.3, -0.25) is 0 Å². The molecule has 2 rings (SSSR count). The summed E-state index contributed by atoms with van der Waals surface area (Å²) < 4.78 is 39.8. The molecule has 2 aliphatic rings. The molecule has 0 radical (unpaired) electrons. The third kappa shape index (κ3) is 2.35. The van der Waals surface area contributed by atoms with E-state index in [4.69, 9.17) is 23.2 Å². The van der Waals surface area contributed by atoms with Crippen LogP contribution in [-0.2, 0) is 0 Å². The van der Waals surface area contributed by atoms with Crippen LogP contribution in [0, 0.1) is 5.41 Å². The Balaban J connectivity index is 2.39. The van der Waals surface area contributed by atoms with Gasteiger partial charge >= 0.3 is 6.18 Å². The second-order valence-electron chi connectivity index (χ2n) is 4.45. The Morgan fingerprint density at radius 2 is 2.12 bits per heavy atom. The molecule has 6 heteroatoms. The Labute approximate surface area is 108 Å². The highest BCUT2D eigenvalue weighted by Gasteiger charge is 2.58. The van der Waals surface area contributed by atoms with Crippen LogP contribution in [0.1, 0.15) is 12.8 Å². The summed E-state index contributed by atoms with van der Waals surface area (Å²) in [6.07, 6.45) is -1.03. The van der Waals surface area contributed by atoms with Crippen molar-refractivity contribution in [2.45, 2.75) is 24.4 Å². The molecule has 0 spiro atoms. The third-order valence-corrected chi connectivity index (χ3v) is 3.90. The number of rotatable bonds is 1. The topological polar surface area (TPSA) is 12.0 Å². The van der Waals surface area contributed by atoms with Crippen molar-refractivity contribution in [1.82, 2.24) is 5.32 Å². The van der Waals surface area contributed by atoms with Crippen LogP contribution in [0.3, 0.4) is 0 Å². The second kappa shape index (κ2) is 4.48. The molecule has 1 fully saturated rings. The van der Waals surface area contributed by atoms with Crippen molar-refractivity contribution in [2.24, 2.45) is 5.41 Å². The molecule has 1 nitrogen and oxygen atoms in total. The first kappa shape index (κ1) is 13.2. The largest absolute Gasteiger partial charge is 0.399 e. The molecule has 2 unspecified atom stereocenters. The van der Waals surface area contributed by atoms with Gasteiger partial charge in [0.15, 0.2) is 0 Å². The van der Waals surface area contributed by atoms with Crippen molar-refractivity contribution in [3.63, 3.8) is 0 Å². The van der Waals surface area contributed by atoms with Gasteiger partial charge in [0.05, 0.1) is 5.38 Å². The quantitative estimate of drug-likeness (QED) is 0.726. The molecule has 1 aliphatic heterocycles. The minimum atomic E-state index is -4.27. The fraction of sp³-hybridized carbons (Fsp3) is 0.636. The summed E-state index contributed by atoms with van der Waals surface area (Å²) in [5.41, 5.74) is -1.50. The van der Waals surface area contributed by atoms with Gasteiger partial charge in [-0.2, -0.15) is 13.2 Å². The molecule has 0 bridgehead atoms. The molecule has 0 saturated carbocycles. The van der Waals surface area contributed by atoms with Crippen molar-refractivity contribution >= 4 is 23.2 Å². The van der Waals surface area contributed by atoms with E-state index in [1.54, 1.807) is 6.08 Å². The first-order valence-electron chi connectivity index (χ1n) is 5.35. The minimum absolute atomic E-state index is 0.0517. The summed E-state index contributed by atoms with van der Waals surface area (Å²) in [5, 5.41) is 2.62. The van der Waals surface area contributed by atoms with Gasteiger partial charge in [0.1, 0.15) is 5.41 Å². The molecule has 2 atom stereocenters. The van der Waals surface area contributed by atoms with E-state index in [0.29, 0.717) is 17.2 Å². The summed E-state index contributed by atoms with van der Waals surface area (Å²) in [7, 11) is 0. The number of hydrogen-bond donors (Lipinski definition) is 1. The Bertz CT molecular complexity index is 367. The Hall–Kier alpha value is -0.190. The van der Waals surface area contributed by atoms with E-state index in [2.05, 4.69) is 5.32 Å². The van der Waals surface area contributed by atoms with E-state index in [1.807, 2.05) is 0 Å². The van der Waals surface area contributed by atoms with Gasteiger partial charge < -0.3 is 5.32 Å². The number of halogens is 5. The number of alkyl halides is 4. The van der Waals surface area contributed by atoms with E-state index in [-0.39, 0.29) is 19.4 Å². The molecular formula is C11H12Cl2F3N. The summed E-state index contributed by atoms with van der Waals surface area (Å²) in [6, 6.07) is 0. The Morgan fingerprint density at radius 1 is 1.41 bits per heavy atom. The molecule has 1 heterocycles. The van der Waals surface area contributed by atoms with Gasteiger partial charge in [0, 0.05) is 11.6 Å². The molecule has 0 amide bonds. The van der Waals surface area contributed by atoms with E-state index >= 15 is 0 Å². The Kier molecular flexibility index (Phi) is 3.49. The summed E-state index contributed by atoms with van der Waals surface area (Å²) in [4.78, 5) is 0. The van der Waals surface area contributed by atoms with Crippen LogP contribution in [0.15, 0.2) is 22.8 Å². The number of nitrogens with one attached hydrogen (secondary N) is 1. The van der Waals surface area contributed by atoms with Crippen LogP contribution < -0.4 is 5.32 Å². The van der Waals surface area contributed by atoms with Crippen LogP contribution >= 0.6 is 23.2 Å². The molecule has 0 aromatic rings. The molecular weight excluding hydrogens is 274 g/mol. The molecule has 1 aliphatic carbocycles. The zero-order valence-corrected chi connectivity index (χ0v) is 10.5. The smallest absolute Gasteiger partial charge is 0.315 e. The number of hydrogen-bond acceptors (Lipinski definition) is 1. The zero-order chi connectivity index (χ0) is 12.7. The van der Waals surface area contributed by atoms with Crippen molar-refractivity contribution in [3.8, 4) is 0 Å². The zero-order valence-electron chi connectivity index (χ0n) is 8.95. The summed E-state index contributed by atoms with van der Waals surface area (Å²) in [6.45, 7) is 0.279. The highest BCUT2D eigenvalue weighted by atomic mass is 35.5. The molecule has 17 heavy (non-hydrogen) atoms. The van der Waals surface area contributed by atoms with Gasteiger partial charge in [0.25, 0.3) is 0 Å². The minimum Gasteiger partial charge on any atom is -0.315 e. The molecule has 1 saturated heterocycles. The first-order chi connectivity index (χ1) is 7.85. The van der Waals surface area contributed by atoms with Crippen LogP contribution in [0.2, 0.25) is 0 Å². The van der Waals surface area contributed by atoms with E-state index in [9.17, 15) is 13.2 Å². The maximum atomic E-state index is 13.3. The van der Waals surface area contributed by atoms with Crippen LogP contribution in [0.5, 0.6) is 0 Å². The maximum absolute atomic E-state index is 13.3. The van der Waals surface area contributed by atoms with Gasteiger partial charge in [-0.25, -0.2) is 0 Å². The monoisotopic (exact) mass is 285 g/mol. The van der Waals surface area contributed by atoms with Gasteiger partial charge in [0.2, 0.25) is 0 Å². The first-order valence-corrected chi connectivity index (χ1v) is 6.16. The van der Waals surface area contributed by atoms with Crippen LogP contribution in [0.4, 0.5) is 13.2 Å². The standard InChI is InChI=1S/C11H12Cl2F3N/c12-8-3-7(4-9(13)5-8)10(11(14,15)16)1-2-17-6-10/h3,5,9,17H,1-2,4,6H2. The highest BCUT2D eigenvalue weighted by Crippen LogP contribution is 2.51. The Morgan fingerprint density at radius 3 is 2.59 bits per heavy atom. The molecule has 0 aromatic heterocycles. The van der Waals surface area contributed by atoms with Crippen LogP contribution in [0.25, 0.3) is 0 Å². The van der Waals surface area contributed by atoms with E-state index in [0.717, 1.165) is 0 Å². The molecule has 1 N–H and O–H groups in total. The predicted molar refractivity (Wildman–Crippen MR) is 62.3 cm³/mol. The average Bonchev–Trinajstić information content (AvgIpc) is 2.64. The fourth-order valence-corrected chi connectivity index (χ4v) is 3.09. The summed E-state index contributed by atoms with van der Waals surface area (Å²) >= 11 is 11.7. The lowest BCUT2D eigenvalue weighted by molar-refractivity contribution is -0.203. The molecule has 0 aromatic carbocycles. The van der Waals surface area contributed by atoms with E-state index < -0.39 is 17.0 Å².